The zero-order chi connectivity index (χ0) is 24.3. The van der Waals surface area contributed by atoms with E-state index in [0.717, 1.165) is 25.7 Å². The van der Waals surface area contributed by atoms with Gasteiger partial charge in [-0.1, -0.05) is 44.6 Å². The highest BCUT2D eigenvalue weighted by Gasteiger charge is 2.41. The second-order valence-electron chi connectivity index (χ2n) is 10.8. The van der Waals surface area contributed by atoms with Gasteiger partial charge in [0.2, 0.25) is 17.7 Å². The first-order valence-electron chi connectivity index (χ1n) is 12.2. The number of rotatable bonds is 6. The van der Waals surface area contributed by atoms with Gasteiger partial charge < -0.3 is 26.2 Å². The molecule has 1 aliphatic carbocycles. The van der Waals surface area contributed by atoms with Crippen LogP contribution in [0.25, 0.3) is 0 Å². The number of nitrogens with one attached hydrogen (secondary N) is 2. The Hall–Kier alpha value is -2.19. The van der Waals surface area contributed by atoms with E-state index >= 15 is 0 Å². The smallest absolute Gasteiger partial charge is 0.246 e. The Balaban J connectivity index is 1.74. The lowest BCUT2D eigenvalue weighted by Gasteiger charge is -2.39. The van der Waals surface area contributed by atoms with Crippen LogP contribution in [0.15, 0.2) is 23.8 Å². The largest absolute Gasteiger partial charge is 0.342 e. The minimum Gasteiger partial charge on any atom is -0.342 e. The molecule has 2 saturated heterocycles. The molecule has 4 N–H and O–H groups in total. The molecule has 0 aromatic rings. The summed E-state index contributed by atoms with van der Waals surface area (Å²) in [6, 6.07) is -1.65. The van der Waals surface area contributed by atoms with Gasteiger partial charge >= 0.3 is 0 Å². The molecule has 0 aromatic carbocycles. The monoisotopic (exact) mass is 459 g/mol. The summed E-state index contributed by atoms with van der Waals surface area (Å²) in [6.07, 6.45) is 9.59. The van der Waals surface area contributed by atoms with Crippen molar-refractivity contribution in [2.75, 3.05) is 26.7 Å². The van der Waals surface area contributed by atoms with E-state index in [1.54, 1.807) is 14.0 Å². The lowest BCUT2D eigenvalue weighted by Crippen LogP contribution is -2.59. The number of likely N-dealkylation sites (N-methyl/N-ethyl adjacent to an activating group) is 1. The first kappa shape index (κ1) is 25.4. The van der Waals surface area contributed by atoms with Gasteiger partial charge in [-0.3, -0.25) is 14.4 Å². The lowest BCUT2D eigenvalue weighted by atomic mass is 9.85. The van der Waals surface area contributed by atoms with Gasteiger partial charge in [0.25, 0.3) is 0 Å². The predicted molar refractivity (Wildman–Crippen MR) is 129 cm³/mol. The van der Waals surface area contributed by atoms with Gasteiger partial charge in [0.1, 0.15) is 6.04 Å². The molecule has 2 bridgehead atoms. The molecule has 1 unspecified atom stereocenters. The molecule has 3 aliphatic rings. The number of carbonyl (C=O) groups excluding carboxylic acids is 3. The van der Waals surface area contributed by atoms with Crippen molar-refractivity contribution in [2.24, 2.45) is 17.1 Å². The van der Waals surface area contributed by atoms with Crippen LogP contribution in [0.2, 0.25) is 0 Å². The zero-order valence-electron chi connectivity index (χ0n) is 20.8. The maximum atomic E-state index is 13.7. The van der Waals surface area contributed by atoms with E-state index in [1.807, 2.05) is 42.7 Å². The first-order valence-corrected chi connectivity index (χ1v) is 12.2. The van der Waals surface area contributed by atoms with Crippen LogP contribution < -0.4 is 16.4 Å². The second-order valence-corrected chi connectivity index (χ2v) is 10.8. The van der Waals surface area contributed by atoms with Crippen molar-refractivity contribution in [3.05, 3.63) is 23.8 Å². The Morgan fingerprint density at radius 2 is 2.00 bits per heavy atom. The van der Waals surface area contributed by atoms with Crippen LogP contribution in [0, 0.1) is 11.3 Å². The average Bonchev–Trinajstić information content (AvgIpc) is 3.25. The molecule has 33 heavy (non-hydrogen) atoms. The highest BCUT2D eigenvalue weighted by molar-refractivity contribution is 5.90. The molecule has 5 atom stereocenters. The van der Waals surface area contributed by atoms with E-state index in [2.05, 4.69) is 16.7 Å². The van der Waals surface area contributed by atoms with Crippen molar-refractivity contribution < 1.29 is 14.4 Å². The molecule has 0 radical (unpaired) electrons. The van der Waals surface area contributed by atoms with E-state index in [0.29, 0.717) is 19.6 Å². The van der Waals surface area contributed by atoms with Crippen LogP contribution in [0.3, 0.4) is 0 Å². The van der Waals surface area contributed by atoms with Crippen molar-refractivity contribution in [3.63, 3.8) is 0 Å². The van der Waals surface area contributed by atoms with E-state index < -0.39 is 17.5 Å². The van der Waals surface area contributed by atoms with Gasteiger partial charge in [-0.05, 0) is 45.1 Å². The Morgan fingerprint density at radius 3 is 2.67 bits per heavy atom. The summed E-state index contributed by atoms with van der Waals surface area (Å²) in [4.78, 5) is 43.2. The SMILES string of the molecule is CN[C@@H](C)C(=O)N[C@H](C(=O)N1CCC[C@H]1CN1CCC2=CC=CC(C2)[C@@H](N)C1=O)C(C)(C)C. The predicted octanol–water partition coefficient (Wildman–Crippen LogP) is 1.18. The normalized spacial score (nSPS) is 27.5. The Kier molecular flexibility index (Phi) is 8.00. The van der Waals surface area contributed by atoms with Crippen LogP contribution in [0.1, 0.15) is 53.4 Å². The molecule has 8 nitrogen and oxygen atoms in total. The molecule has 3 amide bonds. The summed E-state index contributed by atoms with van der Waals surface area (Å²) in [5.74, 6) is -0.267. The third-order valence-corrected chi connectivity index (χ3v) is 7.27. The van der Waals surface area contributed by atoms with Crippen molar-refractivity contribution >= 4 is 17.7 Å². The number of nitrogens with zero attached hydrogens (tertiary/aromatic N) is 2. The van der Waals surface area contributed by atoms with Gasteiger partial charge in [-0.2, -0.15) is 0 Å². The number of nitrogens with two attached hydrogens (primary N) is 1. The zero-order valence-corrected chi connectivity index (χ0v) is 20.8. The molecular formula is C25H41N5O3. The molecule has 2 aliphatic heterocycles. The number of hydrogen-bond donors (Lipinski definition) is 3. The molecule has 3 rings (SSSR count). The molecular weight excluding hydrogens is 418 g/mol. The number of hydrogen-bond acceptors (Lipinski definition) is 5. The molecule has 2 fully saturated rings. The van der Waals surface area contributed by atoms with E-state index in [-0.39, 0.29) is 35.7 Å². The van der Waals surface area contributed by atoms with Crippen LogP contribution >= 0.6 is 0 Å². The van der Waals surface area contributed by atoms with Crippen LogP contribution in [-0.2, 0) is 14.4 Å². The summed E-state index contributed by atoms with van der Waals surface area (Å²) < 4.78 is 0. The minimum absolute atomic E-state index is 0.0339. The lowest BCUT2D eigenvalue weighted by molar-refractivity contribution is -0.142. The van der Waals surface area contributed by atoms with Crippen molar-refractivity contribution in [1.82, 2.24) is 20.4 Å². The fraction of sp³-hybridized carbons (Fsp3) is 0.720. The summed E-state index contributed by atoms with van der Waals surface area (Å²) in [7, 11) is 1.72. The maximum absolute atomic E-state index is 13.7. The van der Waals surface area contributed by atoms with E-state index in [9.17, 15) is 14.4 Å². The number of likely N-dealkylation sites (tertiary alicyclic amines) is 2. The number of fused-ring (bicyclic) bond motifs is 2. The van der Waals surface area contributed by atoms with Gasteiger partial charge in [-0.25, -0.2) is 0 Å². The highest BCUT2D eigenvalue weighted by atomic mass is 16.2. The summed E-state index contributed by atoms with van der Waals surface area (Å²) in [5.41, 5.74) is 7.24. The van der Waals surface area contributed by atoms with Crippen LogP contribution in [0.5, 0.6) is 0 Å². The number of allylic oxidation sites excluding steroid dienone is 2. The molecule has 2 heterocycles. The second kappa shape index (κ2) is 10.4. The van der Waals surface area contributed by atoms with Crippen molar-refractivity contribution in [2.45, 2.75) is 77.5 Å². The van der Waals surface area contributed by atoms with Crippen molar-refractivity contribution in [1.29, 1.82) is 0 Å². The maximum Gasteiger partial charge on any atom is 0.246 e. The van der Waals surface area contributed by atoms with Gasteiger partial charge in [-0.15, -0.1) is 0 Å². The molecule has 0 saturated carbocycles. The summed E-state index contributed by atoms with van der Waals surface area (Å²) >= 11 is 0. The fourth-order valence-corrected chi connectivity index (χ4v) is 4.95. The van der Waals surface area contributed by atoms with E-state index in [4.69, 9.17) is 5.73 Å². The van der Waals surface area contributed by atoms with Crippen LogP contribution in [0.4, 0.5) is 0 Å². The molecule has 184 valence electrons. The summed E-state index contributed by atoms with van der Waals surface area (Å²) in [5, 5.41) is 5.89. The van der Waals surface area contributed by atoms with Crippen molar-refractivity contribution in [3.8, 4) is 0 Å². The third-order valence-electron chi connectivity index (χ3n) is 7.27. The first-order chi connectivity index (χ1) is 15.5. The fourth-order valence-electron chi connectivity index (χ4n) is 4.95. The van der Waals surface area contributed by atoms with Gasteiger partial charge in [0.05, 0.1) is 12.1 Å². The average molecular weight is 460 g/mol. The van der Waals surface area contributed by atoms with Gasteiger partial charge in [0.15, 0.2) is 0 Å². The summed E-state index contributed by atoms with van der Waals surface area (Å²) in [6.45, 7) is 9.41. The molecule has 0 aromatic heterocycles. The molecule has 0 spiro atoms. The van der Waals surface area contributed by atoms with E-state index in [1.165, 1.54) is 5.57 Å². The van der Waals surface area contributed by atoms with Crippen LogP contribution in [-0.4, -0.2) is 78.4 Å². The third kappa shape index (κ3) is 5.84. The minimum atomic E-state index is -0.638. The Labute approximate surface area is 198 Å². The molecule has 8 heteroatoms. The Bertz CT molecular complexity index is 815. The number of carbonyl (C=O) groups is 3. The Morgan fingerprint density at radius 1 is 1.27 bits per heavy atom. The number of amides is 3. The quantitative estimate of drug-likeness (QED) is 0.553. The van der Waals surface area contributed by atoms with Gasteiger partial charge in [0, 0.05) is 31.6 Å². The highest BCUT2D eigenvalue weighted by Crippen LogP contribution is 2.29. The topological polar surface area (TPSA) is 108 Å². The standard InChI is InChI=1S/C25H41N5O3/c1-16(27-5)22(31)28-21(25(2,3)4)24(33)30-12-7-10-19(30)15-29-13-11-17-8-6-9-18(14-17)20(26)23(29)32/h6,8-9,16,18-21,27H,7,10-15,26H2,1-5H3,(H,28,31)/t16-,18?,19-,20+,21+/m0/s1.